The molecule has 0 aliphatic heterocycles. The van der Waals surface area contributed by atoms with E-state index in [1.54, 1.807) is 0 Å². The minimum absolute atomic E-state index is 0.256. The van der Waals surface area contributed by atoms with Gasteiger partial charge < -0.3 is 10.4 Å². The highest BCUT2D eigenvalue weighted by Gasteiger charge is 2.15. The lowest BCUT2D eigenvalue weighted by atomic mass is 9.88. The summed E-state index contributed by atoms with van der Waals surface area (Å²) in [5.41, 5.74) is 1.02. The molecule has 2 N–H and O–H groups in total. The van der Waals surface area contributed by atoms with E-state index < -0.39 is 5.97 Å². The van der Waals surface area contributed by atoms with Crippen molar-refractivity contribution in [1.82, 2.24) is 4.37 Å². The highest BCUT2D eigenvalue weighted by Crippen LogP contribution is 2.28. The molecule has 5 heteroatoms. The Labute approximate surface area is 129 Å². The monoisotopic (exact) mass is 306 g/mol. The predicted octanol–water partition coefficient (Wildman–Crippen LogP) is 4.24. The number of aromatic nitrogens is 1. The molecule has 0 saturated heterocycles. The van der Waals surface area contributed by atoms with Gasteiger partial charge in [0, 0.05) is 18.4 Å². The summed E-state index contributed by atoms with van der Waals surface area (Å²) in [6.07, 6.45) is 1.99. The number of hydrogen-bond acceptors (Lipinski definition) is 4. The number of anilines is 1. The van der Waals surface area contributed by atoms with Gasteiger partial charge in [-0.1, -0.05) is 26.0 Å². The van der Waals surface area contributed by atoms with E-state index >= 15 is 0 Å². The van der Waals surface area contributed by atoms with Crippen molar-refractivity contribution in [2.75, 3.05) is 11.9 Å². The Kier molecular flexibility index (Phi) is 5.56. The van der Waals surface area contributed by atoms with E-state index in [-0.39, 0.29) is 6.42 Å². The minimum Gasteiger partial charge on any atom is -0.481 e. The maximum Gasteiger partial charge on any atom is 0.303 e. The molecule has 1 atom stereocenters. The van der Waals surface area contributed by atoms with Crippen molar-refractivity contribution in [2.24, 2.45) is 11.8 Å². The molecule has 0 aliphatic rings. The zero-order valence-corrected chi connectivity index (χ0v) is 13.3. The molecule has 1 heterocycles. The van der Waals surface area contributed by atoms with E-state index in [1.807, 2.05) is 18.2 Å². The molecule has 0 spiro atoms. The van der Waals surface area contributed by atoms with Gasteiger partial charge in [0.05, 0.1) is 5.52 Å². The molecule has 0 amide bonds. The number of hydrogen-bond donors (Lipinski definition) is 2. The predicted molar refractivity (Wildman–Crippen MR) is 87.9 cm³/mol. The highest BCUT2D eigenvalue weighted by molar-refractivity contribution is 7.11. The molecule has 0 radical (unpaired) electrons. The van der Waals surface area contributed by atoms with Gasteiger partial charge >= 0.3 is 5.97 Å². The van der Waals surface area contributed by atoms with Crippen LogP contribution in [0, 0.1) is 11.8 Å². The smallest absolute Gasteiger partial charge is 0.303 e. The van der Waals surface area contributed by atoms with Crippen molar-refractivity contribution >= 4 is 33.4 Å². The average Bonchev–Trinajstić information content (AvgIpc) is 2.85. The third kappa shape index (κ3) is 4.43. The molecular formula is C16H22N2O2S. The molecule has 0 aliphatic carbocycles. The topological polar surface area (TPSA) is 62.2 Å². The first-order chi connectivity index (χ1) is 10.1. The first kappa shape index (κ1) is 15.8. The molecule has 4 nitrogen and oxygen atoms in total. The van der Waals surface area contributed by atoms with Gasteiger partial charge in [0.1, 0.15) is 5.00 Å². The number of carbonyl (C=O) groups is 1. The molecule has 0 bridgehead atoms. The Balaban J connectivity index is 1.88. The summed E-state index contributed by atoms with van der Waals surface area (Å²) in [6, 6.07) is 8.10. The van der Waals surface area contributed by atoms with Crippen LogP contribution in [0.4, 0.5) is 5.00 Å². The second kappa shape index (κ2) is 7.41. The Morgan fingerprint density at radius 3 is 2.81 bits per heavy atom. The number of fused-ring (bicyclic) bond motifs is 1. The van der Waals surface area contributed by atoms with E-state index in [4.69, 9.17) is 5.11 Å². The van der Waals surface area contributed by atoms with E-state index in [0.29, 0.717) is 11.8 Å². The average molecular weight is 306 g/mol. The molecule has 114 valence electrons. The van der Waals surface area contributed by atoms with E-state index in [2.05, 4.69) is 29.6 Å². The zero-order chi connectivity index (χ0) is 15.2. The van der Waals surface area contributed by atoms with Crippen LogP contribution in [0.3, 0.4) is 0 Å². The normalized spacial score (nSPS) is 12.7. The summed E-state index contributed by atoms with van der Waals surface area (Å²) in [5, 5.41) is 14.5. The number of carboxylic acid groups (broad SMARTS) is 1. The van der Waals surface area contributed by atoms with Crippen LogP contribution < -0.4 is 5.32 Å². The lowest BCUT2D eigenvalue weighted by Crippen LogP contribution is -2.15. The van der Waals surface area contributed by atoms with Crippen molar-refractivity contribution in [3.05, 3.63) is 24.3 Å². The van der Waals surface area contributed by atoms with Crippen LogP contribution in [0.25, 0.3) is 10.9 Å². The number of nitrogens with zero attached hydrogens (tertiary/aromatic N) is 1. The van der Waals surface area contributed by atoms with Crippen molar-refractivity contribution in [3.8, 4) is 0 Å². The number of carboxylic acids is 1. The van der Waals surface area contributed by atoms with E-state index in [9.17, 15) is 4.79 Å². The van der Waals surface area contributed by atoms with Gasteiger partial charge in [-0.15, -0.1) is 0 Å². The molecule has 0 saturated carbocycles. The Morgan fingerprint density at radius 2 is 2.10 bits per heavy atom. The van der Waals surface area contributed by atoms with Crippen molar-refractivity contribution in [1.29, 1.82) is 0 Å². The first-order valence-corrected chi connectivity index (χ1v) is 8.15. The summed E-state index contributed by atoms with van der Waals surface area (Å²) in [6.45, 7) is 5.18. The minimum atomic E-state index is -0.706. The van der Waals surface area contributed by atoms with Gasteiger partial charge in [0.2, 0.25) is 0 Å². The number of nitrogens with one attached hydrogen (secondary N) is 1. The maximum absolute atomic E-state index is 10.7. The maximum atomic E-state index is 10.7. The fourth-order valence-corrected chi connectivity index (χ4v) is 3.29. The van der Waals surface area contributed by atoms with Crippen LogP contribution in [0.5, 0.6) is 0 Å². The van der Waals surface area contributed by atoms with Gasteiger partial charge in [0.15, 0.2) is 0 Å². The van der Waals surface area contributed by atoms with Crippen LogP contribution in [0.1, 0.15) is 33.1 Å². The third-order valence-corrected chi connectivity index (χ3v) is 4.69. The molecule has 2 rings (SSSR count). The quantitative estimate of drug-likeness (QED) is 0.766. The summed E-state index contributed by atoms with van der Waals surface area (Å²) in [5.74, 6) is 0.235. The summed E-state index contributed by atoms with van der Waals surface area (Å²) in [7, 11) is 0. The van der Waals surface area contributed by atoms with Gasteiger partial charge in [0.25, 0.3) is 0 Å². The summed E-state index contributed by atoms with van der Waals surface area (Å²) in [4.78, 5) is 10.7. The summed E-state index contributed by atoms with van der Waals surface area (Å²) < 4.78 is 4.41. The van der Waals surface area contributed by atoms with Gasteiger partial charge in [-0.25, -0.2) is 0 Å². The second-order valence-electron chi connectivity index (χ2n) is 5.68. The number of rotatable bonds is 8. The highest BCUT2D eigenvalue weighted by atomic mass is 32.1. The molecule has 0 fully saturated rings. The number of aliphatic carboxylic acids is 1. The lowest BCUT2D eigenvalue weighted by Gasteiger charge is -2.20. The number of benzene rings is 1. The van der Waals surface area contributed by atoms with E-state index in [1.165, 1.54) is 11.5 Å². The fourth-order valence-electron chi connectivity index (χ4n) is 2.51. The van der Waals surface area contributed by atoms with Crippen molar-refractivity contribution in [3.63, 3.8) is 0 Å². The largest absolute Gasteiger partial charge is 0.481 e. The molecule has 1 aromatic carbocycles. The van der Waals surface area contributed by atoms with Gasteiger partial charge in [-0.2, -0.15) is 4.37 Å². The fraction of sp³-hybridized carbons (Fsp3) is 0.500. The molecule has 1 aromatic heterocycles. The van der Waals surface area contributed by atoms with Crippen molar-refractivity contribution < 1.29 is 9.90 Å². The molecule has 21 heavy (non-hydrogen) atoms. The SMILES string of the molecule is CC(C)C(CCNc1snc2ccccc12)CCC(=O)O. The summed E-state index contributed by atoms with van der Waals surface area (Å²) >= 11 is 1.49. The van der Waals surface area contributed by atoms with Gasteiger partial charge in [-0.05, 0) is 48.3 Å². The lowest BCUT2D eigenvalue weighted by molar-refractivity contribution is -0.137. The Hall–Kier alpha value is -1.62. The van der Waals surface area contributed by atoms with Crippen LogP contribution in [-0.2, 0) is 4.79 Å². The second-order valence-corrected chi connectivity index (χ2v) is 6.45. The Bertz CT molecular complexity index is 595. The van der Waals surface area contributed by atoms with Crippen LogP contribution in [0.15, 0.2) is 24.3 Å². The molecule has 2 aromatic rings. The molecular weight excluding hydrogens is 284 g/mol. The van der Waals surface area contributed by atoms with Gasteiger partial charge in [-0.3, -0.25) is 4.79 Å². The first-order valence-electron chi connectivity index (χ1n) is 7.38. The molecule has 1 unspecified atom stereocenters. The van der Waals surface area contributed by atoms with Crippen molar-refractivity contribution in [2.45, 2.75) is 33.1 Å². The van der Waals surface area contributed by atoms with E-state index in [0.717, 1.165) is 35.3 Å². The standard InChI is InChI=1S/C16H22N2O2S/c1-11(2)12(7-8-15(19)20)9-10-17-16-13-5-3-4-6-14(13)18-21-16/h3-6,11-12,17H,7-10H2,1-2H3,(H,19,20). The van der Waals surface area contributed by atoms with Crippen LogP contribution >= 0.6 is 11.5 Å². The van der Waals surface area contributed by atoms with Crippen LogP contribution in [-0.4, -0.2) is 22.0 Å². The Morgan fingerprint density at radius 1 is 1.33 bits per heavy atom. The van der Waals surface area contributed by atoms with Crippen LogP contribution in [0.2, 0.25) is 0 Å². The zero-order valence-electron chi connectivity index (χ0n) is 12.5. The third-order valence-electron chi connectivity index (χ3n) is 3.86.